The quantitative estimate of drug-likeness (QED) is 0.569. The second kappa shape index (κ2) is 2.92. The van der Waals surface area contributed by atoms with Crippen molar-refractivity contribution in [3.8, 4) is 0 Å². The van der Waals surface area contributed by atoms with Crippen molar-refractivity contribution >= 4 is 8.32 Å². The van der Waals surface area contributed by atoms with Gasteiger partial charge in [-0.2, -0.15) is 13.2 Å². The van der Waals surface area contributed by atoms with Crippen molar-refractivity contribution < 1.29 is 18.0 Å². The van der Waals surface area contributed by atoms with E-state index in [4.69, 9.17) is 0 Å². The van der Waals surface area contributed by atoms with Crippen molar-refractivity contribution in [1.29, 1.82) is 0 Å². The minimum Gasteiger partial charge on any atom is -0.298 e. The van der Waals surface area contributed by atoms with Crippen LogP contribution < -0.4 is 0 Å². The van der Waals surface area contributed by atoms with E-state index in [9.17, 15) is 18.0 Å². The third-order valence-corrected chi connectivity index (χ3v) is 2.46. The van der Waals surface area contributed by atoms with Crippen molar-refractivity contribution in [2.24, 2.45) is 0 Å². The minimum atomic E-state index is -4.16. The van der Waals surface area contributed by atoms with Crippen LogP contribution in [0.2, 0.25) is 19.1 Å². The fraction of sp³-hybridized carbons (Fsp3) is 1.00. The van der Waals surface area contributed by atoms with Crippen LogP contribution in [-0.2, 0) is 4.80 Å². The first kappa shape index (κ1) is 9.97. The fourth-order valence-electron chi connectivity index (χ4n) is 0.443. The molecule has 0 rings (SSSR count). The molecule has 0 aliphatic heterocycles. The Labute approximate surface area is 59.0 Å². The highest BCUT2D eigenvalue weighted by Crippen LogP contribution is 2.24. The van der Waals surface area contributed by atoms with Crippen LogP contribution in [-0.4, -0.2) is 14.5 Å². The monoisotopic (exact) mass is 171 g/mol. The lowest BCUT2D eigenvalue weighted by molar-refractivity contribution is -0.131. The van der Waals surface area contributed by atoms with Crippen LogP contribution in [0.4, 0.5) is 13.2 Å². The molecule has 0 aromatic rings. The summed E-state index contributed by atoms with van der Waals surface area (Å²) in [6, 6.07) is -0.212. The zero-order chi connectivity index (χ0) is 8.41. The zero-order valence-electron chi connectivity index (χ0n) is 5.96. The van der Waals surface area contributed by atoms with Gasteiger partial charge < -0.3 is 0 Å². The van der Waals surface area contributed by atoms with Crippen molar-refractivity contribution in [3.05, 3.63) is 0 Å². The molecule has 1 nitrogen and oxygen atoms in total. The maximum atomic E-state index is 11.5. The van der Waals surface area contributed by atoms with Gasteiger partial charge in [-0.15, -0.1) is 0 Å². The van der Waals surface area contributed by atoms with E-state index in [1.165, 1.54) is 13.1 Å². The summed E-state index contributed by atoms with van der Waals surface area (Å²) in [7, 11) is -2.74. The fourth-order valence-corrected chi connectivity index (χ4v) is 1.33. The molecule has 0 aliphatic carbocycles. The van der Waals surface area contributed by atoms with E-state index in [2.05, 4.69) is 0 Å². The molecule has 0 saturated heterocycles. The molecule has 0 spiro atoms. The van der Waals surface area contributed by atoms with Gasteiger partial charge in [-0.05, 0) is 19.1 Å². The summed E-state index contributed by atoms with van der Waals surface area (Å²) in [5.41, 5.74) is 0. The van der Waals surface area contributed by atoms with Crippen LogP contribution in [0, 0.1) is 0 Å². The number of hydrogen-bond donors (Lipinski definition) is 0. The largest absolute Gasteiger partial charge is 0.388 e. The van der Waals surface area contributed by atoms with E-state index in [0.717, 1.165) is 0 Å². The number of halogens is 3. The molecule has 0 atom stereocenters. The highest BCUT2D eigenvalue weighted by Gasteiger charge is 2.32. The van der Waals surface area contributed by atoms with E-state index in [1.54, 1.807) is 0 Å². The van der Waals surface area contributed by atoms with Crippen molar-refractivity contribution in [2.75, 3.05) is 0 Å². The first-order valence-electron chi connectivity index (χ1n) is 2.98. The summed E-state index contributed by atoms with van der Waals surface area (Å²) in [5, 5.41) is 0. The Balaban J connectivity index is 3.56. The molecule has 0 fully saturated rings. The summed E-state index contributed by atoms with van der Waals surface area (Å²) in [4.78, 5) is 10.8. The molecular weight excluding hydrogens is 161 g/mol. The molecule has 5 heteroatoms. The molecule has 10 heavy (non-hydrogen) atoms. The van der Waals surface area contributed by atoms with Crippen LogP contribution in [0.3, 0.4) is 0 Å². The molecule has 0 bridgehead atoms. The minimum absolute atomic E-state index is 0.212. The highest BCUT2D eigenvalue weighted by molar-refractivity contribution is 6.69. The third kappa shape index (κ3) is 7.97. The van der Waals surface area contributed by atoms with Crippen LogP contribution in [0.1, 0.15) is 6.42 Å². The molecule has 0 unspecified atom stereocenters. The summed E-state index contributed by atoms with van der Waals surface area (Å²) < 4.78 is 34.4. The Kier molecular flexibility index (Phi) is 2.91. The normalized spacial score (nSPS) is 13.8. The number of rotatable bonds is 2. The van der Waals surface area contributed by atoms with Gasteiger partial charge in [0.05, 0.1) is 0 Å². The van der Waals surface area contributed by atoms with E-state index < -0.39 is 20.9 Å². The third-order valence-electron chi connectivity index (χ3n) is 1.01. The van der Waals surface area contributed by atoms with Crippen molar-refractivity contribution in [3.63, 3.8) is 0 Å². The molecule has 0 saturated carbocycles. The van der Waals surface area contributed by atoms with E-state index in [0.29, 0.717) is 0 Å². The van der Waals surface area contributed by atoms with Crippen LogP contribution >= 0.6 is 0 Å². The SMILES string of the molecule is C[Si](C)([O])CCC(F)(F)F. The summed E-state index contributed by atoms with van der Waals surface area (Å²) >= 11 is 0. The molecular formula is C5H10F3OSi. The Bertz CT molecular complexity index is 90.4. The molecule has 0 N–H and O–H groups in total. The molecule has 0 aliphatic rings. The molecule has 61 valence electrons. The Morgan fingerprint density at radius 1 is 1.30 bits per heavy atom. The maximum absolute atomic E-state index is 11.5. The van der Waals surface area contributed by atoms with Gasteiger partial charge in [-0.25, -0.2) is 0 Å². The van der Waals surface area contributed by atoms with E-state index >= 15 is 0 Å². The van der Waals surface area contributed by atoms with E-state index in [-0.39, 0.29) is 6.04 Å². The lowest BCUT2D eigenvalue weighted by Gasteiger charge is -2.11. The molecule has 0 amide bonds. The van der Waals surface area contributed by atoms with Gasteiger partial charge in [0, 0.05) is 6.42 Å². The second-order valence-corrected chi connectivity index (χ2v) is 6.89. The van der Waals surface area contributed by atoms with Gasteiger partial charge in [-0.1, -0.05) is 0 Å². The van der Waals surface area contributed by atoms with Gasteiger partial charge in [0.1, 0.15) is 0 Å². The number of alkyl halides is 3. The Morgan fingerprint density at radius 3 is 1.80 bits per heavy atom. The standard InChI is InChI=1S/C5H10F3OSi/c1-10(2,9)4-3-5(6,7)8/h3-4H2,1-2H3. The van der Waals surface area contributed by atoms with E-state index in [1.807, 2.05) is 0 Å². The Hall–Kier alpha value is -0.0331. The topological polar surface area (TPSA) is 19.9 Å². The lowest BCUT2D eigenvalue weighted by atomic mass is 10.5. The number of hydrogen-bond acceptors (Lipinski definition) is 0. The molecule has 1 radical (unpaired) electrons. The zero-order valence-corrected chi connectivity index (χ0v) is 6.96. The van der Waals surface area contributed by atoms with Crippen LogP contribution in [0.5, 0.6) is 0 Å². The van der Waals surface area contributed by atoms with Gasteiger partial charge in [0.2, 0.25) is 8.32 Å². The van der Waals surface area contributed by atoms with Crippen LogP contribution in [0.15, 0.2) is 0 Å². The van der Waals surface area contributed by atoms with Crippen molar-refractivity contribution in [2.45, 2.75) is 31.7 Å². The first-order chi connectivity index (χ1) is 4.21. The summed E-state index contributed by atoms with van der Waals surface area (Å²) in [6.07, 6.45) is -5.08. The summed E-state index contributed by atoms with van der Waals surface area (Å²) in [6.45, 7) is 2.78. The maximum Gasteiger partial charge on any atom is 0.388 e. The average molecular weight is 171 g/mol. The average Bonchev–Trinajstić information content (AvgIpc) is 1.57. The molecule has 0 aromatic heterocycles. The molecule has 0 heterocycles. The smallest absolute Gasteiger partial charge is 0.298 e. The van der Waals surface area contributed by atoms with Gasteiger partial charge in [0.15, 0.2) is 0 Å². The second-order valence-electron chi connectivity index (χ2n) is 2.87. The predicted octanol–water partition coefficient (Wildman–Crippen LogP) is 2.57. The highest BCUT2D eigenvalue weighted by atomic mass is 28.4. The van der Waals surface area contributed by atoms with Gasteiger partial charge in [-0.3, -0.25) is 4.80 Å². The Morgan fingerprint density at radius 2 is 1.70 bits per heavy atom. The predicted molar refractivity (Wildman–Crippen MR) is 33.6 cm³/mol. The molecule has 0 aromatic carbocycles. The van der Waals surface area contributed by atoms with Gasteiger partial charge >= 0.3 is 6.18 Å². The first-order valence-corrected chi connectivity index (χ1v) is 6.09. The lowest BCUT2D eigenvalue weighted by Crippen LogP contribution is -2.25. The van der Waals surface area contributed by atoms with Crippen molar-refractivity contribution in [1.82, 2.24) is 0 Å². The summed E-state index contributed by atoms with van der Waals surface area (Å²) in [5.74, 6) is 0. The van der Waals surface area contributed by atoms with Gasteiger partial charge in [0.25, 0.3) is 0 Å². The van der Waals surface area contributed by atoms with Crippen LogP contribution in [0.25, 0.3) is 0 Å².